The molecule has 0 radical (unpaired) electrons. The van der Waals surface area contributed by atoms with E-state index >= 15 is 0 Å². The second kappa shape index (κ2) is 8.18. The number of nitriles is 1. The van der Waals surface area contributed by atoms with Crippen LogP contribution < -0.4 is 5.32 Å². The number of nitrogens with zero attached hydrogens (tertiary/aromatic N) is 6. The molecule has 2 amide bonds. The van der Waals surface area contributed by atoms with E-state index in [0.29, 0.717) is 35.5 Å². The zero-order valence-corrected chi connectivity index (χ0v) is 17.6. The summed E-state index contributed by atoms with van der Waals surface area (Å²) in [7, 11) is 1.80. The number of aryl methyl sites for hydroxylation is 1. The number of carbonyl (C=O) groups excluding carboxylic acids is 2. The number of likely N-dealkylation sites (tertiary alicyclic amines) is 1. The normalized spacial score (nSPS) is 16.0. The molecule has 4 heterocycles. The van der Waals surface area contributed by atoms with Crippen LogP contribution >= 0.6 is 0 Å². The fourth-order valence-electron chi connectivity index (χ4n) is 3.16. The smallest absolute Gasteiger partial charge is 0.255 e. The van der Waals surface area contributed by atoms with E-state index in [1.807, 2.05) is 6.20 Å². The highest BCUT2D eigenvalue weighted by Gasteiger charge is 2.41. The maximum atomic E-state index is 12.6. The molecule has 3 aromatic rings. The Bertz CT molecular complexity index is 1160. The first-order valence-electron chi connectivity index (χ1n) is 10.2. The van der Waals surface area contributed by atoms with Crippen LogP contribution in [0.25, 0.3) is 22.4 Å². The molecule has 0 spiro atoms. The SMILES string of the molecule is C1CC1.Cn1cc(-c2cnc3[nH]cc(C(=O)NCC(=O)N4CC(C)(C#N)C4)c3n2)cn1. The third-order valence-corrected chi connectivity index (χ3v) is 5.08. The summed E-state index contributed by atoms with van der Waals surface area (Å²) in [6.07, 6.45) is 11.1. The van der Waals surface area contributed by atoms with Crippen LogP contribution in [-0.2, 0) is 11.8 Å². The minimum Gasteiger partial charge on any atom is -0.344 e. The van der Waals surface area contributed by atoms with Gasteiger partial charge < -0.3 is 15.2 Å². The van der Waals surface area contributed by atoms with Gasteiger partial charge in [0.25, 0.3) is 5.91 Å². The summed E-state index contributed by atoms with van der Waals surface area (Å²) < 4.78 is 1.66. The van der Waals surface area contributed by atoms with Gasteiger partial charge >= 0.3 is 0 Å². The first kappa shape index (κ1) is 20.5. The number of amides is 2. The average Bonchev–Trinajstić information content (AvgIpc) is 3.48. The van der Waals surface area contributed by atoms with E-state index in [9.17, 15) is 9.59 Å². The number of hydrogen-bond donors (Lipinski definition) is 2. The number of rotatable bonds is 4. The Balaban J connectivity index is 0.000000710. The first-order valence-corrected chi connectivity index (χ1v) is 10.2. The van der Waals surface area contributed by atoms with Crippen molar-refractivity contribution in [1.82, 2.24) is 34.9 Å². The van der Waals surface area contributed by atoms with Crippen molar-refractivity contribution in [2.45, 2.75) is 26.2 Å². The van der Waals surface area contributed by atoms with E-state index in [0.717, 1.165) is 5.56 Å². The summed E-state index contributed by atoms with van der Waals surface area (Å²) in [6, 6.07) is 2.18. The van der Waals surface area contributed by atoms with E-state index in [1.54, 1.807) is 35.9 Å². The molecule has 1 aliphatic carbocycles. The lowest BCUT2D eigenvalue weighted by Gasteiger charge is -2.43. The number of aromatic amines is 1. The summed E-state index contributed by atoms with van der Waals surface area (Å²) in [5, 5.41) is 15.7. The van der Waals surface area contributed by atoms with Gasteiger partial charge in [0.15, 0.2) is 5.65 Å². The Morgan fingerprint density at radius 2 is 2.03 bits per heavy atom. The fourth-order valence-corrected chi connectivity index (χ4v) is 3.16. The van der Waals surface area contributed by atoms with Crippen LogP contribution in [0.2, 0.25) is 0 Å². The van der Waals surface area contributed by atoms with Crippen LogP contribution in [0.15, 0.2) is 24.8 Å². The zero-order chi connectivity index (χ0) is 22.0. The molecule has 1 saturated carbocycles. The van der Waals surface area contributed by atoms with E-state index < -0.39 is 11.3 Å². The third-order valence-electron chi connectivity index (χ3n) is 5.08. The van der Waals surface area contributed by atoms with Crippen molar-refractivity contribution >= 4 is 23.0 Å². The standard InChI is InChI=1S/C18H18N8O2.C3H6/c1-18(8-19)9-26(10-18)14(27)6-22-17(28)12-4-20-16-15(12)24-13(5-21-16)11-3-23-25(2)7-11;1-2-3-1/h3-5,7H,6,9-10H2,1-2H3,(H,20,21)(H,22,28);1-3H2. The molecule has 10 heteroatoms. The lowest BCUT2D eigenvalue weighted by molar-refractivity contribution is -0.138. The predicted molar refractivity (Wildman–Crippen MR) is 113 cm³/mol. The zero-order valence-electron chi connectivity index (χ0n) is 17.6. The lowest BCUT2D eigenvalue weighted by Crippen LogP contribution is -2.58. The molecular weight excluding hydrogens is 396 g/mol. The van der Waals surface area contributed by atoms with E-state index in [1.165, 1.54) is 25.5 Å². The van der Waals surface area contributed by atoms with Gasteiger partial charge in [0.05, 0.1) is 41.7 Å². The molecule has 0 atom stereocenters. The second-order valence-electron chi connectivity index (χ2n) is 8.22. The highest BCUT2D eigenvalue weighted by Crippen LogP contribution is 2.28. The molecule has 160 valence electrons. The Labute approximate surface area is 179 Å². The van der Waals surface area contributed by atoms with Crippen LogP contribution in [0.1, 0.15) is 36.5 Å². The highest BCUT2D eigenvalue weighted by atomic mass is 16.2. The van der Waals surface area contributed by atoms with Crippen LogP contribution in [0.5, 0.6) is 0 Å². The van der Waals surface area contributed by atoms with Crippen molar-refractivity contribution in [2.24, 2.45) is 12.5 Å². The topological polar surface area (TPSA) is 133 Å². The number of carbonyl (C=O) groups is 2. The van der Waals surface area contributed by atoms with Crippen LogP contribution in [0.3, 0.4) is 0 Å². The van der Waals surface area contributed by atoms with Gasteiger partial charge in [-0.05, 0) is 6.92 Å². The van der Waals surface area contributed by atoms with E-state index in [2.05, 4.69) is 31.4 Å². The Morgan fingerprint density at radius 1 is 1.29 bits per heavy atom. The quantitative estimate of drug-likeness (QED) is 0.659. The Kier molecular flexibility index (Phi) is 5.42. The van der Waals surface area contributed by atoms with Gasteiger partial charge in [-0.3, -0.25) is 14.3 Å². The molecule has 31 heavy (non-hydrogen) atoms. The molecule has 0 bridgehead atoms. The molecule has 2 N–H and O–H groups in total. The number of aromatic nitrogens is 5. The maximum Gasteiger partial charge on any atom is 0.255 e. The van der Waals surface area contributed by atoms with Gasteiger partial charge in [-0.15, -0.1) is 0 Å². The lowest BCUT2D eigenvalue weighted by atomic mass is 9.84. The summed E-state index contributed by atoms with van der Waals surface area (Å²) in [6.45, 7) is 2.43. The van der Waals surface area contributed by atoms with Gasteiger partial charge in [0.1, 0.15) is 5.52 Å². The molecule has 0 aromatic carbocycles. The first-order chi connectivity index (χ1) is 14.9. The van der Waals surface area contributed by atoms with Gasteiger partial charge in [-0.25, -0.2) is 9.97 Å². The number of hydrogen-bond acceptors (Lipinski definition) is 6. The summed E-state index contributed by atoms with van der Waals surface area (Å²) in [4.78, 5) is 38.0. The molecule has 10 nitrogen and oxygen atoms in total. The molecule has 0 unspecified atom stereocenters. The van der Waals surface area contributed by atoms with Gasteiger partial charge in [-0.1, -0.05) is 19.3 Å². The highest BCUT2D eigenvalue weighted by molar-refractivity contribution is 6.05. The molecule has 1 saturated heterocycles. The molecule has 2 fully saturated rings. The fraction of sp³-hybridized carbons (Fsp3) is 0.429. The van der Waals surface area contributed by atoms with Crippen molar-refractivity contribution in [2.75, 3.05) is 19.6 Å². The Morgan fingerprint density at radius 3 is 2.65 bits per heavy atom. The van der Waals surface area contributed by atoms with Crippen LogP contribution in [0.4, 0.5) is 0 Å². The largest absolute Gasteiger partial charge is 0.344 e. The summed E-state index contributed by atoms with van der Waals surface area (Å²) in [5.41, 5.74) is 2.12. The molecule has 1 aliphatic heterocycles. The Hall–Kier alpha value is -3.74. The van der Waals surface area contributed by atoms with Crippen LogP contribution in [0, 0.1) is 16.7 Å². The molecule has 5 rings (SSSR count). The second-order valence-corrected chi connectivity index (χ2v) is 8.22. The van der Waals surface area contributed by atoms with E-state index in [-0.39, 0.29) is 12.5 Å². The van der Waals surface area contributed by atoms with Crippen LogP contribution in [-0.4, -0.2) is 61.1 Å². The van der Waals surface area contributed by atoms with Gasteiger partial charge in [-0.2, -0.15) is 10.4 Å². The van der Waals surface area contributed by atoms with E-state index in [4.69, 9.17) is 5.26 Å². The van der Waals surface area contributed by atoms with Crippen molar-refractivity contribution in [3.05, 3.63) is 30.4 Å². The summed E-state index contributed by atoms with van der Waals surface area (Å²) >= 11 is 0. The third kappa shape index (κ3) is 4.55. The molecule has 3 aromatic heterocycles. The molecular formula is C21H24N8O2. The predicted octanol–water partition coefficient (Wildman–Crippen LogP) is 1.63. The van der Waals surface area contributed by atoms with Gasteiger partial charge in [0.2, 0.25) is 5.91 Å². The van der Waals surface area contributed by atoms with Crippen molar-refractivity contribution in [1.29, 1.82) is 5.26 Å². The molecule has 2 aliphatic rings. The van der Waals surface area contributed by atoms with Crippen molar-refractivity contribution in [3.63, 3.8) is 0 Å². The van der Waals surface area contributed by atoms with Gasteiger partial charge in [0, 0.05) is 38.1 Å². The number of fused-ring (bicyclic) bond motifs is 1. The van der Waals surface area contributed by atoms with Crippen molar-refractivity contribution < 1.29 is 9.59 Å². The monoisotopic (exact) mass is 420 g/mol. The van der Waals surface area contributed by atoms with Crippen molar-refractivity contribution in [3.8, 4) is 17.3 Å². The minimum atomic E-state index is -0.491. The summed E-state index contributed by atoms with van der Waals surface area (Å²) in [5.74, 6) is -0.635. The minimum absolute atomic E-state index is 0.136. The maximum absolute atomic E-state index is 12.6. The average molecular weight is 420 g/mol. The number of H-pyrrole nitrogens is 1. The number of nitrogens with one attached hydrogen (secondary N) is 2.